The molecule has 0 aliphatic rings. The number of hydrogen-bond donors (Lipinski definition) is 1. The molecule has 0 unspecified atom stereocenters. The Kier molecular flexibility index (Phi) is 11.8. The third-order valence-electron chi connectivity index (χ3n) is 3.17. The van der Waals surface area contributed by atoms with Gasteiger partial charge in [-0.2, -0.15) is 5.10 Å². The molecule has 0 radical (unpaired) electrons. The molecule has 0 aromatic carbocycles. The standard InChI is InChI=1S/C15H32N2O2S/c1-4-5-6-7-8-9-10-11-12-13-14-20(18,19)17-16-15(2)3/h17H,4-14H2,1-3H3. The van der Waals surface area contributed by atoms with Crippen molar-refractivity contribution in [3.63, 3.8) is 0 Å². The molecule has 1 N–H and O–H groups in total. The number of unbranched alkanes of at least 4 members (excludes halogenated alkanes) is 9. The highest BCUT2D eigenvalue weighted by Crippen LogP contribution is 2.10. The number of nitrogens with one attached hydrogen (secondary N) is 1. The third-order valence-corrected chi connectivity index (χ3v) is 4.37. The summed E-state index contributed by atoms with van der Waals surface area (Å²) in [4.78, 5) is 2.25. The maximum Gasteiger partial charge on any atom is 0.247 e. The Labute approximate surface area is 125 Å². The predicted molar refractivity (Wildman–Crippen MR) is 87.5 cm³/mol. The van der Waals surface area contributed by atoms with E-state index in [1.165, 1.54) is 44.9 Å². The molecule has 0 bridgehead atoms. The van der Waals surface area contributed by atoms with Crippen LogP contribution in [-0.2, 0) is 10.0 Å². The van der Waals surface area contributed by atoms with Crippen molar-refractivity contribution in [1.29, 1.82) is 0 Å². The second-order valence-corrected chi connectivity index (χ2v) is 7.47. The molecule has 0 atom stereocenters. The van der Waals surface area contributed by atoms with Gasteiger partial charge in [-0.25, -0.2) is 13.2 Å². The van der Waals surface area contributed by atoms with Crippen LogP contribution in [0, 0.1) is 0 Å². The predicted octanol–water partition coefficient (Wildman–Crippen LogP) is 4.22. The van der Waals surface area contributed by atoms with Crippen molar-refractivity contribution >= 4 is 15.7 Å². The van der Waals surface area contributed by atoms with Crippen LogP contribution in [0.3, 0.4) is 0 Å². The summed E-state index contributed by atoms with van der Waals surface area (Å²) in [7, 11) is -3.22. The quantitative estimate of drug-likeness (QED) is 0.314. The summed E-state index contributed by atoms with van der Waals surface area (Å²) in [6, 6.07) is 0. The number of hydrazone groups is 1. The largest absolute Gasteiger partial charge is 0.247 e. The van der Waals surface area contributed by atoms with Crippen LogP contribution in [0.5, 0.6) is 0 Å². The van der Waals surface area contributed by atoms with Crippen LogP contribution < -0.4 is 4.83 Å². The van der Waals surface area contributed by atoms with Gasteiger partial charge < -0.3 is 0 Å². The molecule has 0 aliphatic carbocycles. The van der Waals surface area contributed by atoms with Gasteiger partial charge in [0.05, 0.1) is 5.75 Å². The smallest absolute Gasteiger partial charge is 0.205 e. The summed E-state index contributed by atoms with van der Waals surface area (Å²) in [5.74, 6) is 0.181. The highest BCUT2D eigenvalue weighted by atomic mass is 32.2. The lowest BCUT2D eigenvalue weighted by molar-refractivity contribution is 0.555. The van der Waals surface area contributed by atoms with Crippen molar-refractivity contribution in [2.45, 2.75) is 85.0 Å². The molecule has 0 fully saturated rings. The Morgan fingerprint density at radius 1 is 0.850 bits per heavy atom. The van der Waals surface area contributed by atoms with Crippen LogP contribution in [0.2, 0.25) is 0 Å². The molecule has 120 valence electrons. The first-order chi connectivity index (χ1) is 9.48. The van der Waals surface area contributed by atoms with Crippen molar-refractivity contribution in [1.82, 2.24) is 4.83 Å². The Bertz CT molecular complexity index is 347. The van der Waals surface area contributed by atoms with E-state index in [9.17, 15) is 8.42 Å². The molecule has 0 heterocycles. The minimum absolute atomic E-state index is 0.181. The van der Waals surface area contributed by atoms with Gasteiger partial charge in [0, 0.05) is 5.71 Å². The highest BCUT2D eigenvalue weighted by molar-refractivity contribution is 7.89. The van der Waals surface area contributed by atoms with Crippen molar-refractivity contribution in [3.8, 4) is 0 Å². The van der Waals surface area contributed by atoms with Crippen molar-refractivity contribution in [2.75, 3.05) is 5.75 Å². The van der Waals surface area contributed by atoms with E-state index in [0.29, 0.717) is 0 Å². The molecular weight excluding hydrogens is 272 g/mol. The lowest BCUT2D eigenvalue weighted by atomic mass is 10.1. The average molecular weight is 305 g/mol. The van der Waals surface area contributed by atoms with E-state index >= 15 is 0 Å². The molecule has 0 aromatic heterocycles. The van der Waals surface area contributed by atoms with Gasteiger partial charge in [0.1, 0.15) is 0 Å². The van der Waals surface area contributed by atoms with E-state index in [4.69, 9.17) is 0 Å². The minimum Gasteiger partial charge on any atom is -0.205 e. The molecule has 0 spiro atoms. The number of nitrogens with zero attached hydrogens (tertiary/aromatic N) is 1. The van der Waals surface area contributed by atoms with Gasteiger partial charge in [-0.3, -0.25) is 0 Å². The first-order valence-electron chi connectivity index (χ1n) is 7.98. The molecule has 20 heavy (non-hydrogen) atoms. The van der Waals surface area contributed by atoms with Crippen LogP contribution in [0.1, 0.15) is 85.0 Å². The Morgan fingerprint density at radius 2 is 1.30 bits per heavy atom. The van der Waals surface area contributed by atoms with Gasteiger partial charge in [0.15, 0.2) is 0 Å². The lowest BCUT2D eigenvalue weighted by Crippen LogP contribution is -2.22. The molecule has 0 aliphatic heterocycles. The van der Waals surface area contributed by atoms with Gasteiger partial charge in [-0.05, 0) is 20.3 Å². The van der Waals surface area contributed by atoms with E-state index in [2.05, 4.69) is 16.9 Å². The highest BCUT2D eigenvalue weighted by Gasteiger charge is 2.07. The Hall–Kier alpha value is -0.580. The molecule has 0 rings (SSSR count). The zero-order chi connectivity index (χ0) is 15.3. The second kappa shape index (κ2) is 12.2. The first kappa shape index (κ1) is 19.4. The summed E-state index contributed by atoms with van der Waals surface area (Å²) in [6.07, 6.45) is 12.0. The SMILES string of the molecule is CCCCCCCCCCCCS(=O)(=O)NN=C(C)C. The molecule has 5 heteroatoms. The monoisotopic (exact) mass is 304 g/mol. The van der Waals surface area contributed by atoms with Crippen LogP contribution in [0.4, 0.5) is 0 Å². The summed E-state index contributed by atoms with van der Waals surface area (Å²) >= 11 is 0. The van der Waals surface area contributed by atoms with Crippen molar-refractivity contribution < 1.29 is 8.42 Å². The van der Waals surface area contributed by atoms with Gasteiger partial charge in [0.25, 0.3) is 0 Å². The Balaban J connectivity index is 3.41. The molecule has 0 saturated heterocycles. The molecule has 0 amide bonds. The Morgan fingerprint density at radius 3 is 1.75 bits per heavy atom. The van der Waals surface area contributed by atoms with Gasteiger partial charge in [0.2, 0.25) is 10.0 Å². The van der Waals surface area contributed by atoms with Crippen LogP contribution in [0.15, 0.2) is 5.10 Å². The fraction of sp³-hybridized carbons (Fsp3) is 0.933. The summed E-state index contributed by atoms with van der Waals surface area (Å²) in [5, 5.41) is 3.74. The average Bonchev–Trinajstić information content (AvgIpc) is 2.39. The van der Waals surface area contributed by atoms with Gasteiger partial charge >= 0.3 is 0 Å². The van der Waals surface area contributed by atoms with E-state index in [0.717, 1.165) is 25.0 Å². The van der Waals surface area contributed by atoms with Crippen LogP contribution >= 0.6 is 0 Å². The maximum atomic E-state index is 11.6. The van der Waals surface area contributed by atoms with E-state index in [-0.39, 0.29) is 5.75 Å². The number of sulfonamides is 1. The first-order valence-corrected chi connectivity index (χ1v) is 9.63. The third kappa shape index (κ3) is 13.8. The van der Waals surface area contributed by atoms with E-state index in [1.54, 1.807) is 13.8 Å². The maximum absolute atomic E-state index is 11.6. The zero-order valence-corrected chi connectivity index (χ0v) is 14.3. The molecule has 0 aromatic rings. The molecule has 0 saturated carbocycles. The second-order valence-electron chi connectivity index (χ2n) is 5.65. The number of rotatable bonds is 13. The van der Waals surface area contributed by atoms with E-state index < -0.39 is 10.0 Å². The van der Waals surface area contributed by atoms with Crippen LogP contribution in [-0.4, -0.2) is 19.9 Å². The molecule has 4 nitrogen and oxygen atoms in total. The van der Waals surface area contributed by atoms with Crippen molar-refractivity contribution in [2.24, 2.45) is 5.10 Å². The van der Waals surface area contributed by atoms with E-state index in [1.807, 2.05) is 0 Å². The fourth-order valence-electron chi connectivity index (χ4n) is 1.99. The minimum atomic E-state index is -3.22. The van der Waals surface area contributed by atoms with Gasteiger partial charge in [-0.15, -0.1) is 0 Å². The topological polar surface area (TPSA) is 58.5 Å². The van der Waals surface area contributed by atoms with Crippen LogP contribution in [0.25, 0.3) is 0 Å². The lowest BCUT2D eigenvalue weighted by Gasteiger charge is -2.04. The van der Waals surface area contributed by atoms with Crippen molar-refractivity contribution in [3.05, 3.63) is 0 Å². The summed E-state index contributed by atoms with van der Waals surface area (Å²) in [6.45, 7) is 5.77. The summed E-state index contributed by atoms with van der Waals surface area (Å²) < 4.78 is 23.1. The number of hydrogen-bond acceptors (Lipinski definition) is 3. The van der Waals surface area contributed by atoms with Gasteiger partial charge in [-0.1, -0.05) is 64.7 Å². The fourth-order valence-corrected chi connectivity index (χ4v) is 2.98. The normalized spacial score (nSPS) is 11.3. The molecular formula is C15H32N2O2S. The summed E-state index contributed by atoms with van der Waals surface area (Å²) in [5.41, 5.74) is 0.719. The zero-order valence-electron chi connectivity index (χ0n) is 13.5.